The molecule has 3 heterocycles. The van der Waals surface area contributed by atoms with Gasteiger partial charge >= 0.3 is 6.18 Å². The second-order valence-corrected chi connectivity index (χ2v) is 9.76. The van der Waals surface area contributed by atoms with Gasteiger partial charge in [-0.05, 0) is 56.4 Å². The first-order chi connectivity index (χ1) is 18.3. The van der Waals surface area contributed by atoms with Crippen molar-refractivity contribution in [3.8, 4) is 23.0 Å². The lowest BCUT2D eigenvalue weighted by atomic mass is 10.1. The molecule has 11 heteroatoms. The average Bonchev–Trinajstić information content (AvgIpc) is 3.47. The number of aromatic nitrogens is 7. The van der Waals surface area contributed by atoms with E-state index in [0.29, 0.717) is 45.9 Å². The summed E-state index contributed by atoms with van der Waals surface area (Å²) in [5.41, 5.74) is 3.09. The van der Waals surface area contributed by atoms with E-state index in [1.165, 1.54) is 18.5 Å². The number of fused-ring (bicyclic) bond motifs is 1. The molecule has 6 rings (SSSR count). The summed E-state index contributed by atoms with van der Waals surface area (Å²) in [5.74, 6) is 2.57. The SMILES string of the molecule is Cc1cccc(-c2nc3nc(-c4ncn[nH]4)nc(NC(C)C4CC4)c3n2Cc2ccc(C(F)(F)F)cc2)c1. The first-order valence-corrected chi connectivity index (χ1v) is 12.4. The van der Waals surface area contributed by atoms with E-state index in [9.17, 15) is 13.2 Å². The summed E-state index contributed by atoms with van der Waals surface area (Å²) in [6, 6.07) is 13.3. The Balaban J connectivity index is 1.54. The minimum Gasteiger partial charge on any atom is -0.365 e. The van der Waals surface area contributed by atoms with Crippen LogP contribution in [0.4, 0.5) is 19.0 Å². The van der Waals surface area contributed by atoms with E-state index in [4.69, 9.17) is 15.0 Å². The summed E-state index contributed by atoms with van der Waals surface area (Å²) in [6.07, 6.45) is -0.703. The zero-order valence-electron chi connectivity index (χ0n) is 20.8. The Hall–Kier alpha value is -4.28. The van der Waals surface area contributed by atoms with E-state index in [2.05, 4.69) is 27.4 Å². The monoisotopic (exact) mass is 518 g/mol. The van der Waals surface area contributed by atoms with Gasteiger partial charge in [-0.15, -0.1) is 0 Å². The van der Waals surface area contributed by atoms with Crippen molar-refractivity contribution in [2.45, 2.75) is 45.5 Å². The molecule has 8 nitrogen and oxygen atoms in total. The lowest BCUT2D eigenvalue weighted by Crippen LogP contribution is -2.19. The summed E-state index contributed by atoms with van der Waals surface area (Å²) < 4.78 is 41.5. The third-order valence-electron chi connectivity index (χ3n) is 6.82. The molecule has 1 aliphatic carbocycles. The molecule has 0 bridgehead atoms. The van der Waals surface area contributed by atoms with Gasteiger partial charge in [-0.25, -0.2) is 19.9 Å². The van der Waals surface area contributed by atoms with E-state index < -0.39 is 11.7 Å². The Morgan fingerprint density at radius 1 is 1.08 bits per heavy atom. The number of hydrogen-bond donors (Lipinski definition) is 2. The number of H-pyrrole nitrogens is 1. The van der Waals surface area contributed by atoms with Crippen molar-refractivity contribution in [2.24, 2.45) is 5.92 Å². The largest absolute Gasteiger partial charge is 0.416 e. The van der Waals surface area contributed by atoms with E-state index in [0.717, 1.165) is 36.1 Å². The van der Waals surface area contributed by atoms with Crippen molar-refractivity contribution in [1.82, 2.24) is 34.7 Å². The predicted molar refractivity (Wildman–Crippen MR) is 137 cm³/mol. The van der Waals surface area contributed by atoms with E-state index in [-0.39, 0.29) is 12.6 Å². The molecule has 0 saturated heterocycles. The van der Waals surface area contributed by atoms with E-state index in [1.807, 2.05) is 35.8 Å². The molecule has 1 atom stereocenters. The summed E-state index contributed by atoms with van der Waals surface area (Å²) in [5, 5.41) is 10.3. The number of alkyl halides is 3. The molecule has 1 fully saturated rings. The molecule has 3 aromatic heterocycles. The molecule has 38 heavy (non-hydrogen) atoms. The lowest BCUT2D eigenvalue weighted by Gasteiger charge is -2.17. The Morgan fingerprint density at radius 3 is 2.53 bits per heavy atom. The summed E-state index contributed by atoms with van der Waals surface area (Å²) in [7, 11) is 0. The number of aryl methyl sites for hydroxylation is 1. The smallest absolute Gasteiger partial charge is 0.365 e. The van der Waals surface area contributed by atoms with E-state index >= 15 is 0 Å². The zero-order valence-corrected chi connectivity index (χ0v) is 20.8. The maximum absolute atomic E-state index is 13.2. The number of rotatable bonds is 7. The number of nitrogens with one attached hydrogen (secondary N) is 2. The van der Waals surface area contributed by atoms with Gasteiger partial charge in [-0.3, -0.25) is 5.10 Å². The fraction of sp³-hybridized carbons (Fsp3) is 0.296. The molecule has 194 valence electrons. The van der Waals surface area contributed by atoms with Crippen LogP contribution in [0.25, 0.3) is 34.2 Å². The van der Waals surface area contributed by atoms with Gasteiger partial charge in [0.2, 0.25) is 5.82 Å². The van der Waals surface area contributed by atoms with Crippen molar-refractivity contribution >= 4 is 17.0 Å². The summed E-state index contributed by atoms with van der Waals surface area (Å²) in [4.78, 5) is 18.6. The normalized spacial score (nSPS) is 14.7. The number of benzene rings is 2. The topological polar surface area (TPSA) is 97.2 Å². The fourth-order valence-corrected chi connectivity index (χ4v) is 4.63. The maximum atomic E-state index is 13.2. The molecule has 5 aromatic rings. The van der Waals surface area contributed by atoms with Gasteiger partial charge in [0.25, 0.3) is 0 Å². The van der Waals surface area contributed by atoms with Gasteiger partial charge < -0.3 is 9.88 Å². The maximum Gasteiger partial charge on any atom is 0.416 e. The fourth-order valence-electron chi connectivity index (χ4n) is 4.63. The molecule has 2 aromatic carbocycles. The Morgan fingerprint density at radius 2 is 1.87 bits per heavy atom. The highest BCUT2D eigenvalue weighted by molar-refractivity contribution is 5.88. The van der Waals surface area contributed by atoms with Crippen molar-refractivity contribution < 1.29 is 13.2 Å². The van der Waals surface area contributed by atoms with Crippen molar-refractivity contribution in [2.75, 3.05) is 5.32 Å². The minimum atomic E-state index is -4.39. The highest BCUT2D eigenvalue weighted by atomic mass is 19.4. The minimum absolute atomic E-state index is 0.174. The highest BCUT2D eigenvalue weighted by Crippen LogP contribution is 2.36. The first-order valence-electron chi connectivity index (χ1n) is 12.4. The number of halogens is 3. The van der Waals surface area contributed by atoms with Crippen LogP contribution in [0.1, 0.15) is 36.5 Å². The number of hydrogen-bond acceptors (Lipinski definition) is 6. The van der Waals surface area contributed by atoms with Crippen molar-refractivity contribution in [3.63, 3.8) is 0 Å². The molecule has 0 aliphatic heterocycles. The highest BCUT2D eigenvalue weighted by Gasteiger charge is 2.31. The standard InChI is InChI=1S/C27H25F3N8/c1-15-4-3-5-19(12-15)26-36-23-21(38(26)13-17-6-10-20(11-7-17)27(28,29)30)22(33-16(2)18-8-9-18)34-25(35-23)24-31-14-32-37-24/h3-7,10-12,14,16,18H,8-9,13H2,1-2H3,(H,31,32,37)(H,33,34,35). The van der Waals surface area contributed by atoms with E-state index in [1.54, 1.807) is 0 Å². The van der Waals surface area contributed by atoms with Gasteiger partial charge in [0.15, 0.2) is 17.3 Å². The Bertz CT molecular complexity index is 1590. The van der Waals surface area contributed by atoms with Crippen molar-refractivity contribution in [3.05, 3.63) is 71.5 Å². The molecule has 1 unspecified atom stereocenters. The lowest BCUT2D eigenvalue weighted by molar-refractivity contribution is -0.137. The zero-order chi connectivity index (χ0) is 26.4. The molecule has 0 amide bonds. The number of nitrogens with zero attached hydrogens (tertiary/aromatic N) is 6. The van der Waals surface area contributed by atoms with Crippen LogP contribution in [-0.2, 0) is 12.7 Å². The molecular weight excluding hydrogens is 493 g/mol. The average molecular weight is 519 g/mol. The van der Waals surface area contributed by atoms with Gasteiger partial charge in [-0.2, -0.15) is 18.3 Å². The van der Waals surface area contributed by atoms with Crippen LogP contribution >= 0.6 is 0 Å². The van der Waals surface area contributed by atoms with Crippen LogP contribution in [0, 0.1) is 12.8 Å². The van der Waals surface area contributed by atoms with Crippen LogP contribution < -0.4 is 5.32 Å². The predicted octanol–water partition coefficient (Wildman–Crippen LogP) is 5.86. The number of anilines is 1. The summed E-state index contributed by atoms with van der Waals surface area (Å²) >= 11 is 0. The van der Waals surface area contributed by atoms with Crippen LogP contribution in [0.15, 0.2) is 54.9 Å². The first kappa shape index (κ1) is 24.1. The van der Waals surface area contributed by atoms with Gasteiger partial charge in [0.1, 0.15) is 17.7 Å². The van der Waals surface area contributed by atoms with Crippen LogP contribution in [0.5, 0.6) is 0 Å². The Kier molecular flexibility index (Phi) is 5.85. The third-order valence-corrected chi connectivity index (χ3v) is 6.82. The van der Waals surface area contributed by atoms with Gasteiger partial charge in [-0.1, -0.05) is 35.9 Å². The molecule has 1 aliphatic rings. The van der Waals surface area contributed by atoms with Crippen molar-refractivity contribution in [1.29, 1.82) is 0 Å². The van der Waals surface area contributed by atoms with Gasteiger partial charge in [0, 0.05) is 18.2 Å². The molecule has 1 saturated carbocycles. The molecule has 0 spiro atoms. The van der Waals surface area contributed by atoms with Gasteiger partial charge in [0.05, 0.1) is 5.56 Å². The third kappa shape index (κ3) is 4.71. The Labute approximate surface area is 216 Å². The summed E-state index contributed by atoms with van der Waals surface area (Å²) in [6.45, 7) is 4.41. The molecule has 2 N–H and O–H groups in total. The quantitative estimate of drug-likeness (QED) is 0.280. The number of aromatic amines is 1. The van der Waals surface area contributed by atoms with Crippen LogP contribution in [-0.4, -0.2) is 40.7 Å². The second kappa shape index (κ2) is 9.23. The number of imidazole rings is 1. The second-order valence-electron chi connectivity index (χ2n) is 9.76. The molecular formula is C27H25F3N8. The van der Waals surface area contributed by atoms with Crippen LogP contribution in [0.2, 0.25) is 0 Å². The van der Waals surface area contributed by atoms with Crippen LogP contribution in [0.3, 0.4) is 0 Å². The molecule has 0 radical (unpaired) electrons.